The van der Waals surface area contributed by atoms with Crippen LogP contribution in [0.2, 0.25) is 0 Å². The van der Waals surface area contributed by atoms with Crippen LogP contribution in [0.25, 0.3) is 0 Å². The number of nitro groups is 1. The summed E-state index contributed by atoms with van der Waals surface area (Å²) in [4.78, 5) is 28.9. The first-order chi connectivity index (χ1) is 9.08. The molecule has 0 radical (unpaired) electrons. The monoisotopic (exact) mass is 266 g/mol. The summed E-state index contributed by atoms with van der Waals surface area (Å²) < 4.78 is 0. The Bertz CT molecular complexity index is 502. The number of nitrogen functional groups attached to an aromatic ring is 1. The fourth-order valence-electron chi connectivity index (χ4n) is 1.52. The molecule has 1 heterocycles. The molecule has 1 fully saturated rings. The molecule has 1 saturated carbocycles. The van der Waals surface area contributed by atoms with Crippen molar-refractivity contribution in [2.45, 2.75) is 25.3 Å². The van der Waals surface area contributed by atoms with Gasteiger partial charge in [-0.1, -0.05) is 0 Å². The highest BCUT2D eigenvalue weighted by molar-refractivity contribution is 5.77. The Morgan fingerprint density at radius 2 is 2.26 bits per heavy atom. The van der Waals surface area contributed by atoms with Crippen molar-refractivity contribution in [3.05, 3.63) is 16.4 Å². The molecule has 19 heavy (non-hydrogen) atoms. The van der Waals surface area contributed by atoms with Crippen LogP contribution in [-0.4, -0.2) is 33.4 Å². The van der Waals surface area contributed by atoms with Gasteiger partial charge in [-0.25, -0.2) is 9.97 Å². The second kappa shape index (κ2) is 5.46. The number of hydrogen-bond donors (Lipinski definition) is 3. The van der Waals surface area contributed by atoms with E-state index in [1.807, 2.05) is 0 Å². The second-order valence-corrected chi connectivity index (χ2v) is 4.23. The second-order valence-electron chi connectivity index (χ2n) is 4.23. The third-order valence-electron chi connectivity index (χ3n) is 2.62. The summed E-state index contributed by atoms with van der Waals surface area (Å²) in [5.41, 5.74) is 5.05. The Balaban J connectivity index is 1.89. The Kier molecular flexibility index (Phi) is 3.74. The lowest BCUT2D eigenvalue weighted by atomic mass is 10.3. The fourth-order valence-corrected chi connectivity index (χ4v) is 1.52. The molecule has 0 unspecified atom stereocenters. The molecule has 0 atom stereocenters. The molecule has 0 spiro atoms. The van der Waals surface area contributed by atoms with E-state index in [-0.39, 0.29) is 36.2 Å². The molecule has 1 aromatic heterocycles. The van der Waals surface area contributed by atoms with Gasteiger partial charge >= 0.3 is 5.69 Å². The van der Waals surface area contributed by atoms with E-state index in [9.17, 15) is 14.9 Å². The first-order valence-corrected chi connectivity index (χ1v) is 5.86. The molecular weight excluding hydrogens is 252 g/mol. The molecule has 1 amide bonds. The molecule has 0 bridgehead atoms. The van der Waals surface area contributed by atoms with Gasteiger partial charge in [-0.05, 0) is 12.8 Å². The van der Waals surface area contributed by atoms with E-state index in [2.05, 4.69) is 20.6 Å². The van der Waals surface area contributed by atoms with Gasteiger partial charge in [0.2, 0.25) is 17.5 Å². The van der Waals surface area contributed by atoms with Crippen LogP contribution in [0.3, 0.4) is 0 Å². The van der Waals surface area contributed by atoms with Crippen molar-refractivity contribution in [1.82, 2.24) is 15.3 Å². The number of nitrogens with two attached hydrogens (primary N) is 1. The molecule has 1 aliphatic rings. The summed E-state index contributed by atoms with van der Waals surface area (Å²) in [5.74, 6) is -0.263. The van der Waals surface area contributed by atoms with Crippen molar-refractivity contribution in [3.8, 4) is 0 Å². The van der Waals surface area contributed by atoms with Gasteiger partial charge in [0.25, 0.3) is 0 Å². The molecule has 1 aromatic rings. The number of carbonyl (C=O) groups excluding carboxylic acids is 1. The first kappa shape index (κ1) is 13.0. The van der Waals surface area contributed by atoms with E-state index < -0.39 is 4.92 Å². The molecule has 0 aliphatic heterocycles. The number of rotatable bonds is 6. The van der Waals surface area contributed by atoms with Crippen LogP contribution < -0.4 is 16.4 Å². The minimum Gasteiger partial charge on any atom is -0.378 e. The first-order valence-electron chi connectivity index (χ1n) is 5.86. The van der Waals surface area contributed by atoms with Crippen LogP contribution in [0.15, 0.2) is 6.33 Å². The lowest BCUT2D eigenvalue weighted by Gasteiger charge is -2.07. The molecular formula is C10H14N6O3. The van der Waals surface area contributed by atoms with Gasteiger partial charge in [0.15, 0.2) is 0 Å². The summed E-state index contributed by atoms with van der Waals surface area (Å²) in [6.45, 7) is 0.246. The minimum atomic E-state index is -0.651. The van der Waals surface area contributed by atoms with Crippen molar-refractivity contribution in [2.24, 2.45) is 0 Å². The predicted octanol–water partition coefficient (Wildman–Crippen LogP) is 0.0476. The maximum Gasteiger partial charge on any atom is 0.352 e. The Morgan fingerprint density at radius 3 is 2.89 bits per heavy atom. The van der Waals surface area contributed by atoms with Crippen molar-refractivity contribution in [1.29, 1.82) is 0 Å². The Morgan fingerprint density at radius 1 is 1.53 bits per heavy atom. The van der Waals surface area contributed by atoms with Crippen LogP contribution in [0.1, 0.15) is 19.3 Å². The van der Waals surface area contributed by atoms with Gasteiger partial charge in [-0.2, -0.15) is 0 Å². The van der Waals surface area contributed by atoms with Gasteiger partial charge in [0.05, 0.1) is 4.92 Å². The van der Waals surface area contributed by atoms with Gasteiger partial charge < -0.3 is 16.4 Å². The molecule has 0 aromatic carbocycles. The number of hydrogen-bond acceptors (Lipinski definition) is 7. The maximum absolute atomic E-state index is 11.4. The van der Waals surface area contributed by atoms with Crippen molar-refractivity contribution in [3.63, 3.8) is 0 Å². The topological polar surface area (TPSA) is 136 Å². The lowest BCUT2D eigenvalue weighted by molar-refractivity contribution is -0.383. The van der Waals surface area contributed by atoms with Crippen LogP contribution >= 0.6 is 0 Å². The lowest BCUT2D eigenvalue weighted by Crippen LogP contribution is -2.27. The normalized spacial score (nSPS) is 13.9. The summed E-state index contributed by atoms with van der Waals surface area (Å²) in [6.07, 6.45) is 3.40. The average molecular weight is 266 g/mol. The zero-order valence-electron chi connectivity index (χ0n) is 10.1. The number of anilines is 2. The largest absolute Gasteiger partial charge is 0.378 e. The number of amides is 1. The molecule has 102 valence electrons. The molecule has 9 heteroatoms. The smallest absolute Gasteiger partial charge is 0.352 e. The Labute approximate surface area is 108 Å². The quantitative estimate of drug-likeness (QED) is 0.488. The fraction of sp³-hybridized carbons (Fsp3) is 0.500. The molecule has 1 aliphatic carbocycles. The third-order valence-corrected chi connectivity index (χ3v) is 2.62. The van der Waals surface area contributed by atoms with Crippen LogP contribution in [0.5, 0.6) is 0 Å². The van der Waals surface area contributed by atoms with Crippen molar-refractivity contribution in [2.75, 3.05) is 17.6 Å². The summed E-state index contributed by atoms with van der Waals surface area (Å²) >= 11 is 0. The maximum atomic E-state index is 11.4. The number of nitrogens with one attached hydrogen (secondary N) is 2. The molecule has 0 saturated heterocycles. The highest BCUT2D eigenvalue weighted by Gasteiger charge is 2.23. The summed E-state index contributed by atoms with van der Waals surface area (Å²) in [7, 11) is 0. The van der Waals surface area contributed by atoms with E-state index in [4.69, 9.17) is 5.73 Å². The van der Waals surface area contributed by atoms with E-state index in [0.717, 1.165) is 19.2 Å². The van der Waals surface area contributed by atoms with Gasteiger partial charge in [-0.3, -0.25) is 14.9 Å². The standard InChI is InChI=1S/C10H14N6O3/c11-9-8(16(18)19)10(14-5-13-9)12-4-3-7(17)15-6-1-2-6/h5-6H,1-4H2,(H,15,17)(H3,11,12,13,14). The minimum absolute atomic E-state index is 0.0247. The van der Waals surface area contributed by atoms with E-state index in [1.165, 1.54) is 0 Å². The summed E-state index contributed by atoms with van der Waals surface area (Å²) in [5, 5.41) is 16.4. The third kappa shape index (κ3) is 3.50. The van der Waals surface area contributed by atoms with Crippen LogP contribution in [0, 0.1) is 10.1 Å². The number of carbonyl (C=O) groups is 1. The van der Waals surface area contributed by atoms with Gasteiger partial charge in [-0.15, -0.1) is 0 Å². The zero-order valence-corrected chi connectivity index (χ0v) is 10.1. The van der Waals surface area contributed by atoms with Crippen molar-refractivity contribution >= 4 is 23.2 Å². The zero-order chi connectivity index (χ0) is 13.8. The van der Waals surface area contributed by atoms with Crippen molar-refractivity contribution < 1.29 is 9.72 Å². The SMILES string of the molecule is Nc1ncnc(NCCC(=O)NC2CC2)c1[N+](=O)[O-]. The number of nitrogens with zero attached hydrogens (tertiary/aromatic N) is 3. The highest BCUT2D eigenvalue weighted by Crippen LogP contribution is 2.26. The summed E-state index contributed by atoms with van der Waals surface area (Å²) in [6, 6.07) is 0.302. The average Bonchev–Trinajstić information content (AvgIpc) is 3.12. The van der Waals surface area contributed by atoms with Gasteiger partial charge in [0, 0.05) is 19.0 Å². The van der Waals surface area contributed by atoms with Gasteiger partial charge in [0.1, 0.15) is 6.33 Å². The molecule has 2 rings (SSSR count). The van der Waals surface area contributed by atoms with E-state index in [0.29, 0.717) is 6.04 Å². The molecule has 9 nitrogen and oxygen atoms in total. The highest BCUT2D eigenvalue weighted by atomic mass is 16.6. The molecule has 4 N–H and O–H groups in total. The number of aromatic nitrogens is 2. The van der Waals surface area contributed by atoms with Crippen LogP contribution in [-0.2, 0) is 4.79 Å². The Hall–Kier alpha value is -2.45. The van der Waals surface area contributed by atoms with E-state index >= 15 is 0 Å². The van der Waals surface area contributed by atoms with Crippen LogP contribution in [0.4, 0.5) is 17.3 Å². The predicted molar refractivity (Wildman–Crippen MR) is 67.4 cm³/mol. The van der Waals surface area contributed by atoms with E-state index in [1.54, 1.807) is 0 Å².